The Bertz CT molecular complexity index is 578. The van der Waals surface area contributed by atoms with Gasteiger partial charge in [-0.2, -0.15) is 5.10 Å². The van der Waals surface area contributed by atoms with Gasteiger partial charge >= 0.3 is 0 Å². The van der Waals surface area contributed by atoms with Crippen LogP contribution in [0.5, 0.6) is 0 Å². The minimum atomic E-state index is 0.0167. The second-order valence-corrected chi connectivity index (χ2v) is 8.87. The SMILES string of the molecule is Cc1cc(C)cc(CSCC(=O)NN=C2CCCCCCCCCCC2)c1. The van der Waals surface area contributed by atoms with Gasteiger partial charge < -0.3 is 0 Å². The number of carbonyl (C=O) groups excluding carboxylic acids is 1. The van der Waals surface area contributed by atoms with E-state index in [4.69, 9.17) is 0 Å². The standard InChI is InChI=1S/C23H36N2OS/c1-19-14-20(2)16-21(15-19)17-27-18-23(26)25-24-22-12-10-8-6-4-3-5-7-9-11-13-22/h14-16H,3-13,17-18H2,1-2H3,(H,25,26). The topological polar surface area (TPSA) is 41.5 Å². The number of hydrazone groups is 1. The Hall–Kier alpha value is -1.29. The number of benzene rings is 1. The summed E-state index contributed by atoms with van der Waals surface area (Å²) < 4.78 is 0. The van der Waals surface area contributed by atoms with Crippen LogP contribution in [0.4, 0.5) is 0 Å². The first-order chi connectivity index (χ1) is 13.1. The molecule has 1 N–H and O–H groups in total. The van der Waals surface area contributed by atoms with Crippen LogP contribution in [0.1, 0.15) is 87.3 Å². The van der Waals surface area contributed by atoms with Crippen LogP contribution in [-0.4, -0.2) is 17.4 Å². The highest BCUT2D eigenvalue weighted by Crippen LogP contribution is 2.17. The lowest BCUT2D eigenvalue weighted by Gasteiger charge is -2.10. The molecule has 0 unspecified atom stereocenters. The van der Waals surface area contributed by atoms with E-state index in [9.17, 15) is 4.79 Å². The molecule has 0 atom stereocenters. The van der Waals surface area contributed by atoms with Crippen LogP contribution in [-0.2, 0) is 10.5 Å². The first-order valence-corrected chi connectivity index (χ1v) is 11.8. The molecule has 0 aromatic heterocycles. The van der Waals surface area contributed by atoms with Crippen molar-refractivity contribution in [2.24, 2.45) is 5.10 Å². The summed E-state index contributed by atoms with van der Waals surface area (Å²) in [4.78, 5) is 12.1. The van der Waals surface area contributed by atoms with Crippen LogP contribution in [0, 0.1) is 13.8 Å². The molecule has 0 saturated heterocycles. The van der Waals surface area contributed by atoms with Crippen LogP contribution in [0.2, 0.25) is 0 Å². The second-order valence-electron chi connectivity index (χ2n) is 7.88. The number of carbonyl (C=O) groups is 1. The molecule has 0 bridgehead atoms. The predicted octanol–water partition coefficient (Wildman–Crippen LogP) is 6.31. The molecule has 27 heavy (non-hydrogen) atoms. The van der Waals surface area contributed by atoms with E-state index in [0.29, 0.717) is 5.75 Å². The van der Waals surface area contributed by atoms with Gasteiger partial charge in [-0.3, -0.25) is 4.79 Å². The summed E-state index contributed by atoms with van der Waals surface area (Å²) >= 11 is 1.66. The fraction of sp³-hybridized carbons (Fsp3) is 0.652. The Labute approximate surface area is 169 Å². The zero-order valence-corrected chi connectivity index (χ0v) is 18.0. The van der Waals surface area contributed by atoms with Crippen LogP contribution >= 0.6 is 11.8 Å². The summed E-state index contributed by atoms with van der Waals surface area (Å²) in [5.74, 6) is 1.35. The number of thioether (sulfide) groups is 1. The lowest BCUT2D eigenvalue weighted by Crippen LogP contribution is -2.21. The summed E-state index contributed by atoms with van der Waals surface area (Å²) in [6, 6.07) is 6.58. The van der Waals surface area contributed by atoms with Crippen LogP contribution < -0.4 is 5.43 Å². The maximum atomic E-state index is 12.1. The summed E-state index contributed by atoms with van der Waals surface area (Å²) in [5, 5.41) is 4.47. The van der Waals surface area contributed by atoms with E-state index < -0.39 is 0 Å². The number of amides is 1. The van der Waals surface area contributed by atoms with Gasteiger partial charge in [0.05, 0.1) is 5.75 Å². The monoisotopic (exact) mass is 388 g/mol. The third-order valence-electron chi connectivity index (χ3n) is 5.05. The van der Waals surface area contributed by atoms with Gasteiger partial charge in [0.1, 0.15) is 0 Å². The van der Waals surface area contributed by atoms with Gasteiger partial charge in [-0.05, 0) is 45.1 Å². The van der Waals surface area contributed by atoms with E-state index in [1.807, 2.05) is 0 Å². The molecular weight excluding hydrogens is 352 g/mol. The van der Waals surface area contributed by atoms with E-state index in [1.165, 1.54) is 80.2 Å². The second kappa shape index (κ2) is 13.0. The van der Waals surface area contributed by atoms with E-state index in [1.54, 1.807) is 11.8 Å². The fourth-order valence-electron chi connectivity index (χ4n) is 3.72. The van der Waals surface area contributed by atoms with E-state index in [-0.39, 0.29) is 5.91 Å². The van der Waals surface area contributed by atoms with Gasteiger partial charge in [0, 0.05) is 11.5 Å². The quantitative estimate of drug-likeness (QED) is 0.600. The molecule has 1 aromatic carbocycles. The number of nitrogens with zero attached hydrogens (tertiary/aromatic N) is 1. The zero-order chi connectivity index (χ0) is 19.3. The largest absolute Gasteiger partial charge is 0.272 e. The highest BCUT2D eigenvalue weighted by Gasteiger charge is 2.06. The van der Waals surface area contributed by atoms with Gasteiger partial charge in [0.2, 0.25) is 5.91 Å². The van der Waals surface area contributed by atoms with Gasteiger partial charge in [0.25, 0.3) is 0 Å². The molecule has 0 heterocycles. The van der Waals surface area contributed by atoms with Gasteiger partial charge in [-0.25, -0.2) is 5.43 Å². The lowest BCUT2D eigenvalue weighted by atomic mass is 10.00. The van der Waals surface area contributed by atoms with E-state index >= 15 is 0 Å². The Morgan fingerprint density at radius 2 is 1.41 bits per heavy atom. The van der Waals surface area contributed by atoms with Crippen LogP contribution in [0.15, 0.2) is 23.3 Å². The average Bonchev–Trinajstić information content (AvgIpc) is 2.60. The maximum absolute atomic E-state index is 12.1. The van der Waals surface area contributed by atoms with E-state index in [2.05, 4.69) is 42.6 Å². The van der Waals surface area contributed by atoms with E-state index in [0.717, 1.165) is 18.6 Å². The van der Waals surface area contributed by atoms with Crippen molar-refractivity contribution in [1.29, 1.82) is 0 Å². The van der Waals surface area contributed by atoms with Gasteiger partial charge in [0.15, 0.2) is 0 Å². The smallest absolute Gasteiger partial charge is 0.250 e. The molecule has 1 saturated carbocycles. The number of hydrogen-bond acceptors (Lipinski definition) is 3. The number of aryl methyl sites for hydroxylation is 2. The van der Waals surface area contributed by atoms with Crippen molar-refractivity contribution in [2.75, 3.05) is 5.75 Å². The molecule has 0 radical (unpaired) electrons. The van der Waals surface area contributed by atoms with Crippen molar-refractivity contribution in [1.82, 2.24) is 5.43 Å². The summed E-state index contributed by atoms with van der Waals surface area (Å²) in [7, 11) is 0. The maximum Gasteiger partial charge on any atom is 0.250 e. The van der Waals surface area contributed by atoms with Crippen molar-refractivity contribution in [3.05, 3.63) is 34.9 Å². The normalized spacial score (nSPS) is 16.9. The van der Waals surface area contributed by atoms with Crippen molar-refractivity contribution >= 4 is 23.4 Å². The highest BCUT2D eigenvalue weighted by molar-refractivity contribution is 7.99. The molecular formula is C23H36N2OS. The molecule has 1 aromatic rings. The Morgan fingerprint density at radius 1 is 0.889 bits per heavy atom. The molecule has 0 spiro atoms. The van der Waals surface area contributed by atoms with Crippen LogP contribution in [0.3, 0.4) is 0 Å². The first kappa shape index (κ1) is 22.0. The molecule has 3 nitrogen and oxygen atoms in total. The highest BCUT2D eigenvalue weighted by atomic mass is 32.2. The fourth-order valence-corrected chi connectivity index (χ4v) is 4.47. The minimum Gasteiger partial charge on any atom is -0.272 e. The summed E-state index contributed by atoms with van der Waals surface area (Å²) in [5.41, 5.74) is 7.84. The summed E-state index contributed by atoms with van der Waals surface area (Å²) in [6.45, 7) is 4.24. The zero-order valence-electron chi connectivity index (χ0n) is 17.2. The Morgan fingerprint density at radius 3 is 1.96 bits per heavy atom. The van der Waals surface area contributed by atoms with Crippen LogP contribution in [0.25, 0.3) is 0 Å². The molecule has 2 rings (SSSR count). The molecule has 0 aliphatic heterocycles. The predicted molar refractivity (Wildman–Crippen MR) is 118 cm³/mol. The van der Waals surface area contributed by atoms with Gasteiger partial charge in [-0.1, -0.05) is 74.3 Å². The lowest BCUT2D eigenvalue weighted by molar-refractivity contribution is -0.118. The van der Waals surface area contributed by atoms with Crippen molar-refractivity contribution < 1.29 is 4.79 Å². The number of hydrogen-bond donors (Lipinski definition) is 1. The van der Waals surface area contributed by atoms with Crippen molar-refractivity contribution in [3.63, 3.8) is 0 Å². The molecule has 1 aliphatic rings. The summed E-state index contributed by atoms with van der Waals surface area (Å²) in [6.07, 6.45) is 13.9. The molecule has 1 aliphatic carbocycles. The minimum absolute atomic E-state index is 0.0167. The first-order valence-electron chi connectivity index (χ1n) is 10.6. The number of rotatable bonds is 5. The molecule has 1 fully saturated rings. The van der Waals surface area contributed by atoms with Gasteiger partial charge in [-0.15, -0.1) is 11.8 Å². The third-order valence-corrected chi connectivity index (χ3v) is 6.06. The Balaban J connectivity index is 1.73. The molecule has 4 heteroatoms. The average molecular weight is 389 g/mol. The number of nitrogens with one attached hydrogen (secondary N) is 1. The molecule has 1 amide bonds. The van der Waals surface area contributed by atoms with Crippen molar-refractivity contribution in [2.45, 2.75) is 90.2 Å². The van der Waals surface area contributed by atoms with Crippen molar-refractivity contribution in [3.8, 4) is 0 Å². The Kier molecular flexibility index (Phi) is 10.6. The third kappa shape index (κ3) is 9.99. The molecule has 150 valence electrons.